The van der Waals surface area contributed by atoms with Crippen molar-refractivity contribution in [3.63, 3.8) is 0 Å². The van der Waals surface area contributed by atoms with Gasteiger partial charge in [-0.3, -0.25) is 4.79 Å². The van der Waals surface area contributed by atoms with Gasteiger partial charge in [0.05, 0.1) is 19.1 Å². The minimum absolute atomic E-state index is 0.0168. The van der Waals surface area contributed by atoms with Crippen LogP contribution in [0.15, 0.2) is 41.8 Å². The number of carbonyl (C=O) groups is 1. The molecular weight excluding hydrogens is 418 g/mol. The summed E-state index contributed by atoms with van der Waals surface area (Å²) in [6.45, 7) is 3.77. The third-order valence-corrected chi connectivity index (χ3v) is 7.69. The number of rotatable bonds is 6. The molecule has 168 valence electrons. The van der Waals surface area contributed by atoms with Crippen LogP contribution in [0.4, 0.5) is 5.69 Å². The number of imidazole rings is 1. The summed E-state index contributed by atoms with van der Waals surface area (Å²) in [5.41, 5.74) is 1.03. The highest BCUT2D eigenvalue weighted by atomic mass is 32.2. The maximum atomic E-state index is 12.8. The number of anilines is 1. The van der Waals surface area contributed by atoms with E-state index in [2.05, 4.69) is 9.88 Å². The van der Waals surface area contributed by atoms with Gasteiger partial charge >= 0.3 is 0 Å². The van der Waals surface area contributed by atoms with Crippen molar-refractivity contribution in [2.24, 2.45) is 0 Å². The maximum absolute atomic E-state index is 12.8. The lowest BCUT2D eigenvalue weighted by atomic mass is 10.2. The van der Waals surface area contributed by atoms with Crippen LogP contribution in [0.3, 0.4) is 0 Å². The third kappa shape index (κ3) is 4.69. The first kappa shape index (κ1) is 21.6. The number of hydrogen-bond donors (Lipinski definition) is 0. The fourth-order valence-corrected chi connectivity index (χ4v) is 5.59. The molecule has 4 rings (SSSR count). The molecule has 0 bridgehead atoms. The van der Waals surface area contributed by atoms with Crippen molar-refractivity contribution in [3.8, 4) is 5.75 Å². The molecule has 2 saturated heterocycles. The molecule has 0 unspecified atom stereocenters. The van der Waals surface area contributed by atoms with Crippen LogP contribution < -0.4 is 9.64 Å². The van der Waals surface area contributed by atoms with Crippen molar-refractivity contribution < 1.29 is 17.9 Å². The molecule has 3 heterocycles. The summed E-state index contributed by atoms with van der Waals surface area (Å²) in [7, 11) is -1.93. The molecule has 31 heavy (non-hydrogen) atoms. The Morgan fingerprint density at radius 3 is 2.45 bits per heavy atom. The molecule has 2 aliphatic rings. The molecule has 0 radical (unpaired) electrons. The Labute approximate surface area is 183 Å². The van der Waals surface area contributed by atoms with Crippen LogP contribution in [0, 0.1) is 0 Å². The Morgan fingerprint density at radius 1 is 1.03 bits per heavy atom. The van der Waals surface area contributed by atoms with E-state index in [1.807, 2.05) is 29.2 Å². The number of aromatic nitrogens is 2. The number of amides is 1. The molecule has 0 atom stereocenters. The van der Waals surface area contributed by atoms with Crippen LogP contribution in [0.2, 0.25) is 0 Å². The minimum atomic E-state index is -3.59. The number of methoxy groups -OCH3 is 1. The lowest BCUT2D eigenvalue weighted by Crippen LogP contribution is -2.49. The first-order valence-corrected chi connectivity index (χ1v) is 12.1. The van der Waals surface area contributed by atoms with E-state index in [0.717, 1.165) is 30.7 Å². The monoisotopic (exact) mass is 447 g/mol. The van der Waals surface area contributed by atoms with Gasteiger partial charge in [0.25, 0.3) is 10.0 Å². The summed E-state index contributed by atoms with van der Waals surface area (Å²) in [6.07, 6.45) is 5.70. The van der Waals surface area contributed by atoms with Crippen molar-refractivity contribution >= 4 is 21.6 Å². The van der Waals surface area contributed by atoms with Crippen LogP contribution in [0.25, 0.3) is 0 Å². The summed E-state index contributed by atoms with van der Waals surface area (Å²) in [5.74, 6) is 0.780. The molecule has 0 saturated carbocycles. The minimum Gasteiger partial charge on any atom is -0.495 e. The van der Waals surface area contributed by atoms with E-state index in [1.54, 1.807) is 11.7 Å². The molecule has 0 N–H and O–H groups in total. The van der Waals surface area contributed by atoms with Crippen LogP contribution in [-0.4, -0.2) is 79.5 Å². The van der Waals surface area contributed by atoms with Crippen LogP contribution in [0.5, 0.6) is 5.75 Å². The van der Waals surface area contributed by atoms with Crippen molar-refractivity contribution in [3.05, 3.63) is 36.8 Å². The largest absolute Gasteiger partial charge is 0.495 e. The van der Waals surface area contributed by atoms with Gasteiger partial charge in [-0.25, -0.2) is 13.4 Å². The predicted octanol–water partition coefficient (Wildman–Crippen LogP) is 1.42. The summed E-state index contributed by atoms with van der Waals surface area (Å²) >= 11 is 0. The quantitative estimate of drug-likeness (QED) is 0.666. The number of nitrogens with zero attached hydrogens (tertiary/aromatic N) is 5. The number of carbonyl (C=O) groups excluding carboxylic acids is 1. The molecule has 2 aromatic rings. The topological polar surface area (TPSA) is 88.0 Å². The molecule has 0 aliphatic carbocycles. The van der Waals surface area contributed by atoms with Gasteiger partial charge in [-0.2, -0.15) is 4.31 Å². The van der Waals surface area contributed by atoms with E-state index < -0.39 is 10.0 Å². The van der Waals surface area contributed by atoms with Crippen LogP contribution >= 0.6 is 0 Å². The van der Waals surface area contributed by atoms with E-state index in [0.29, 0.717) is 39.3 Å². The zero-order valence-electron chi connectivity index (χ0n) is 17.8. The Kier molecular flexibility index (Phi) is 6.47. The molecule has 10 heteroatoms. The Morgan fingerprint density at radius 2 is 1.74 bits per heavy atom. The van der Waals surface area contributed by atoms with Crippen molar-refractivity contribution in [1.82, 2.24) is 18.8 Å². The third-order valence-electron chi connectivity index (χ3n) is 5.90. The van der Waals surface area contributed by atoms with Gasteiger partial charge in [-0.15, -0.1) is 0 Å². The standard InChI is InChI=1S/C21H29N5O4S/c1-30-19-8-4-3-7-18(19)24-11-13-25(14-12-24)21(27)16-23-15-20(22-17-23)31(28,29)26-9-5-2-6-10-26/h3-4,7-8,15,17H,2,5-6,9-14,16H2,1H3. The van der Waals surface area contributed by atoms with E-state index in [-0.39, 0.29) is 17.5 Å². The fourth-order valence-electron chi connectivity index (χ4n) is 4.14. The summed E-state index contributed by atoms with van der Waals surface area (Å²) < 4.78 is 34.0. The molecule has 1 aromatic carbocycles. The number of para-hydroxylation sites is 2. The molecule has 1 amide bonds. The van der Waals surface area contributed by atoms with Gasteiger partial charge in [0, 0.05) is 45.5 Å². The Bertz CT molecular complexity index is 1010. The van der Waals surface area contributed by atoms with Crippen molar-refractivity contribution in [1.29, 1.82) is 0 Å². The highest BCUT2D eigenvalue weighted by Crippen LogP contribution is 2.28. The van der Waals surface area contributed by atoms with Gasteiger partial charge in [0.15, 0.2) is 5.03 Å². The van der Waals surface area contributed by atoms with Gasteiger partial charge in [-0.1, -0.05) is 18.6 Å². The number of piperazine rings is 1. The van der Waals surface area contributed by atoms with E-state index in [9.17, 15) is 13.2 Å². The highest BCUT2D eigenvalue weighted by molar-refractivity contribution is 7.89. The first-order chi connectivity index (χ1) is 15.0. The molecule has 2 aliphatic heterocycles. The van der Waals surface area contributed by atoms with E-state index in [1.165, 1.54) is 16.8 Å². The second kappa shape index (κ2) is 9.27. The second-order valence-electron chi connectivity index (χ2n) is 7.89. The zero-order chi connectivity index (χ0) is 21.8. The van der Waals surface area contributed by atoms with Gasteiger partial charge in [0.1, 0.15) is 12.3 Å². The van der Waals surface area contributed by atoms with E-state index in [4.69, 9.17) is 4.74 Å². The maximum Gasteiger partial charge on any atom is 0.262 e. The fraction of sp³-hybridized carbons (Fsp3) is 0.524. The number of benzene rings is 1. The Hall–Kier alpha value is -2.59. The highest BCUT2D eigenvalue weighted by Gasteiger charge is 2.29. The van der Waals surface area contributed by atoms with Gasteiger partial charge < -0.3 is 19.1 Å². The van der Waals surface area contributed by atoms with E-state index >= 15 is 0 Å². The summed E-state index contributed by atoms with van der Waals surface area (Å²) in [6, 6.07) is 7.87. The number of ether oxygens (including phenoxy) is 1. The number of hydrogen-bond acceptors (Lipinski definition) is 6. The average molecular weight is 448 g/mol. The van der Waals surface area contributed by atoms with Crippen LogP contribution in [-0.2, 0) is 21.4 Å². The lowest BCUT2D eigenvalue weighted by Gasteiger charge is -2.36. The molecule has 9 nitrogen and oxygen atoms in total. The van der Waals surface area contributed by atoms with Crippen LogP contribution in [0.1, 0.15) is 19.3 Å². The first-order valence-electron chi connectivity index (χ1n) is 10.7. The number of sulfonamides is 1. The molecule has 2 fully saturated rings. The Balaban J connectivity index is 1.34. The predicted molar refractivity (Wildman–Crippen MR) is 117 cm³/mol. The summed E-state index contributed by atoms with van der Waals surface area (Å²) in [5, 5.41) is 0.0168. The SMILES string of the molecule is COc1ccccc1N1CCN(C(=O)Cn2cnc(S(=O)(=O)N3CCCCC3)c2)CC1. The second-order valence-corrected chi connectivity index (χ2v) is 9.77. The zero-order valence-corrected chi connectivity index (χ0v) is 18.6. The van der Waals surface area contributed by atoms with Gasteiger partial charge in [0.2, 0.25) is 5.91 Å². The summed E-state index contributed by atoms with van der Waals surface area (Å²) in [4.78, 5) is 20.9. The number of piperidine rings is 1. The molecule has 1 aromatic heterocycles. The normalized spacial score (nSPS) is 18.2. The smallest absolute Gasteiger partial charge is 0.262 e. The molecular formula is C21H29N5O4S. The molecule has 0 spiro atoms. The van der Waals surface area contributed by atoms with Crippen molar-refractivity contribution in [2.75, 3.05) is 51.3 Å². The lowest BCUT2D eigenvalue weighted by molar-refractivity contribution is -0.132. The van der Waals surface area contributed by atoms with Gasteiger partial charge in [-0.05, 0) is 25.0 Å². The average Bonchev–Trinajstić information content (AvgIpc) is 3.29. The van der Waals surface area contributed by atoms with Crippen molar-refractivity contribution in [2.45, 2.75) is 30.8 Å².